The van der Waals surface area contributed by atoms with Crippen LogP contribution in [0.5, 0.6) is 0 Å². The molecule has 31 heavy (non-hydrogen) atoms. The van der Waals surface area contributed by atoms with E-state index in [0.29, 0.717) is 11.4 Å². The number of hydrogen-bond donors (Lipinski definition) is 1. The molecule has 0 aromatic heterocycles. The maximum absolute atomic E-state index is 13.3. The lowest BCUT2D eigenvalue weighted by Gasteiger charge is -2.24. The van der Waals surface area contributed by atoms with Crippen LogP contribution in [0.15, 0.2) is 40.3 Å². The van der Waals surface area contributed by atoms with Crippen LogP contribution in [-0.2, 0) is 17.8 Å². The Morgan fingerprint density at radius 3 is 2.61 bits per heavy atom. The van der Waals surface area contributed by atoms with Gasteiger partial charge in [-0.1, -0.05) is 36.4 Å². The molecule has 164 valence electrons. The minimum Gasteiger partial charge on any atom is -0.351 e. The molecule has 4 rings (SSSR count). The highest BCUT2D eigenvalue weighted by Crippen LogP contribution is 2.32. The number of fused-ring (bicyclic) bond motifs is 3. The van der Waals surface area contributed by atoms with Gasteiger partial charge in [0.05, 0.1) is 10.9 Å². The lowest BCUT2D eigenvalue weighted by molar-refractivity contribution is -0.121. The van der Waals surface area contributed by atoms with Crippen molar-refractivity contribution in [2.75, 3.05) is 0 Å². The summed E-state index contributed by atoms with van der Waals surface area (Å²) in [5, 5.41) is 8.03. The lowest BCUT2D eigenvalue weighted by Crippen LogP contribution is -2.44. The van der Waals surface area contributed by atoms with Gasteiger partial charge in [0.1, 0.15) is 5.56 Å². The van der Waals surface area contributed by atoms with E-state index in [9.17, 15) is 9.59 Å². The van der Waals surface area contributed by atoms with Crippen LogP contribution in [0, 0.1) is 0 Å². The molecule has 3 aliphatic rings. The largest absolute Gasteiger partial charge is 0.351 e. The summed E-state index contributed by atoms with van der Waals surface area (Å²) >= 11 is 1.43. The average molecular weight is 440 g/mol. The van der Waals surface area contributed by atoms with Crippen LogP contribution in [0.3, 0.4) is 0 Å². The Morgan fingerprint density at radius 1 is 1.16 bits per heavy atom. The number of thioether (sulfide) groups is 1. The standard InChI is InChI=1S/C23H29N5O2S/c1-15(20(29)25-23(2,3)4)31-22-24-19-18(17-13-9-6-10-14-27(17)22)21(30)28(26-19)16-11-7-5-8-12-16/h5,7-8,11-12,15H,6,9-10,13-14H2,1-4H3,(H,25,29). The summed E-state index contributed by atoms with van der Waals surface area (Å²) in [7, 11) is 0. The summed E-state index contributed by atoms with van der Waals surface area (Å²) in [5.74, 6) is 0.426. The van der Waals surface area contributed by atoms with Gasteiger partial charge < -0.3 is 9.88 Å². The Labute approximate surface area is 186 Å². The number of amides is 1. The van der Waals surface area contributed by atoms with Crippen molar-refractivity contribution in [2.45, 2.75) is 75.9 Å². The first kappa shape index (κ1) is 21.6. The summed E-state index contributed by atoms with van der Waals surface area (Å²) in [6, 6.07) is 9.43. The lowest BCUT2D eigenvalue weighted by atomic mass is 10.1. The second-order valence-electron chi connectivity index (χ2n) is 9.05. The maximum atomic E-state index is 13.3. The predicted octanol–water partition coefficient (Wildman–Crippen LogP) is 3.66. The number of benzene rings is 1. The van der Waals surface area contributed by atoms with Crippen LogP contribution in [-0.4, -0.2) is 36.0 Å². The van der Waals surface area contributed by atoms with E-state index in [0.717, 1.165) is 48.8 Å². The van der Waals surface area contributed by atoms with E-state index < -0.39 is 0 Å². The SMILES string of the molecule is CC(Sc1nc2nn(-c3ccccc3)c(=O)c-2c2n1CCCCC2)C(=O)NC(C)(C)C. The summed E-state index contributed by atoms with van der Waals surface area (Å²) in [6.07, 6.45) is 3.97. The fourth-order valence-electron chi connectivity index (χ4n) is 3.87. The monoisotopic (exact) mass is 439 g/mol. The molecule has 1 aromatic rings. The van der Waals surface area contributed by atoms with E-state index in [4.69, 9.17) is 4.98 Å². The molecule has 1 amide bonds. The fraction of sp³-hybridized carbons (Fsp3) is 0.478. The number of carbonyl (C=O) groups excluding carboxylic acids is 1. The van der Waals surface area contributed by atoms with Crippen molar-refractivity contribution in [2.24, 2.45) is 0 Å². The van der Waals surface area contributed by atoms with Crippen LogP contribution in [0.25, 0.3) is 17.1 Å². The number of para-hydroxylation sites is 1. The minimum absolute atomic E-state index is 0.0262. The number of carbonyl (C=O) groups is 1. The molecule has 0 spiro atoms. The second kappa shape index (κ2) is 8.49. The third kappa shape index (κ3) is 4.54. The van der Waals surface area contributed by atoms with Crippen molar-refractivity contribution < 1.29 is 4.79 Å². The number of nitrogens with one attached hydrogen (secondary N) is 1. The molecule has 1 N–H and O–H groups in total. The molecule has 0 bridgehead atoms. The second-order valence-corrected chi connectivity index (χ2v) is 10.4. The molecule has 1 atom stereocenters. The van der Waals surface area contributed by atoms with Gasteiger partial charge in [-0.25, -0.2) is 4.98 Å². The highest BCUT2D eigenvalue weighted by atomic mass is 32.2. The van der Waals surface area contributed by atoms with Crippen LogP contribution < -0.4 is 10.9 Å². The van der Waals surface area contributed by atoms with Gasteiger partial charge >= 0.3 is 0 Å². The van der Waals surface area contributed by atoms with Crippen molar-refractivity contribution in [3.8, 4) is 17.1 Å². The maximum Gasteiger partial charge on any atom is 0.284 e. The first-order valence-electron chi connectivity index (χ1n) is 10.8. The molecule has 0 saturated carbocycles. The van der Waals surface area contributed by atoms with Crippen LogP contribution in [0.1, 0.15) is 52.7 Å². The van der Waals surface area contributed by atoms with E-state index in [1.807, 2.05) is 58.0 Å². The Hall–Kier alpha value is -2.61. The summed E-state index contributed by atoms with van der Waals surface area (Å²) in [4.78, 5) is 30.7. The molecule has 3 aliphatic heterocycles. The first-order chi connectivity index (χ1) is 14.7. The van der Waals surface area contributed by atoms with Gasteiger partial charge in [-0.05, 0) is 59.1 Å². The van der Waals surface area contributed by atoms with Crippen LogP contribution in [0.4, 0.5) is 0 Å². The van der Waals surface area contributed by atoms with E-state index in [-0.39, 0.29) is 22.3 Å². The van der Waals surface area contributed by atoms with Gasteiger partial charge in [-0.3, -0.25) is 9.59 Å². The number of rotatable bonds is 4. The Bertz CT molecular complexity index is 1110. The van der Waals surface area contributed by atoms with Crippen molar-refractivity contribution in [3.05, 3.63) is 46.4 Å². The van der Waals surface area contributed by atoms with E-state index in [1.54, 1.807) is 0 Å². The first-order valence-corrected chi connectivity index (χ1v) is 11.7. The molecule has 1 unspecified atom stereocenters. The molecule has 0 radical (unpaired) electrons. The average Bonchev–Trinajstić information content (AvgIpc) is 2.88. The summed E-state index contributed by atoms with van der Waals surface area (Å²) in [5.41, 5.74) is 1.89. The fourth-order valence-corrected chi connectivity index (χ4v) is 4.82. The molecular weight excluding hydrogens is 410 g/mol. The summed E-state index contributed by atoms with van der Waals surface area (Å²) < 4.78 is 3.58. The molecular formula is C23H29N5O2S. The Balaban J connectivity index is 1.79. The zero-order valence-corrected chi connectivity index (χ0v) is 19.3. The number of aromatic nitrogens is 4. The van der Waals surface area contributed by atoms with E-state index in [1.165, 1.54) is 16.4 Å². The van der Waals surface area contributed by atoms with Gasteiger partial charge in [0.25, 0.3) is 5.56 Å². The van der Waals surface area contributed by atoms with Gasteiger partial charge in [0.15, 0.2) is 11.0 Å². The third-order valence-corrected chi connectivity index (χ3v) is 6.41. The number of hydrogen-bond acceptors (Lipinski definition) is 5. The predicted molar refractivity (Wildman–Crippen MR) is 123 cm³/mol. The zero-order chi connectivity index (χ0) is 22.2. The molecule has 0 fully saturated rings. The van der Waals surface area contributed by atoms with Gasteiger partial charge in [0, 0.05) is 17.8 Å². The van der Waals surface area contributed by atoms with Crippen molar-refractivity contribution in [3.63, 3.8) is 0 Å². The number of nitrogens with zero attached hydrogens (tertiary/aromatic N) is 4. The van der Waals surface area contributed by atoms with E-state index >= 15 is 0 Å². The molecule has 0 saturated heterocycles. The van der Waals surface area contributed by atoms with Crippen molar-refractivity contribution in [1.82, 2.24) is 24.6 Å². The molecule has 8 heteroatoms. The molecule has 1 aromatic carbocycles. The molecule has 3 heterocycles. The minimum atomic E-state index is -0.313. The van der Waals surface area contributed by atoms with Crippen molar-refractivity contribution >= 4 is 17.7 Å². The highest BCUT2D eigenvalue weighted by molar-refractivity contribution is 8.00. The van der Waals surface area contributed by atoms with Gasteiger partial charge in [0.2, 0.25) is 5.91 Å². The smallest absolute Gasteiger partial charge is 0.284 e. The highest BCUT2D eigenvalue weighted by Gasteiger charge is 2.29. The van der Waals surface area contributed by atoms with Crippen LogP contribution >= 0.6 is 11.8 Å². The van der Waals surface area contributed by atoms with Crippen LogP contribution in [0.2, 0.25) is 0 Å². The Kier molecular flexibility index (Phi) is 5.92. The molecule has 7 nitrogen and oxygen atoms in total. The normalized spacial score (nSPS) is 15.4. The van der Waals surface area contributed by atoms with E-state index in [2.05, 4.69) is 15.0 Å². The molecule has 0 aliphatic carbocycles. The Morgan fingerprint density at radius 2 is 1.90 bits per heavy atom. The zero-order valence-electron chi connectivity index (χ0n) is 18.5. The third-order valence-electron chi connectivity index (χ3n) is 5.32. The van der Waals surface area contributed by atoms with Gasteiger partial charge in [-0.2, -0.15) is 4.68 Å². The van der Waals surface area contributed by atoms with Gasteiger partial charge in [-0.15, -0.1) is 5.10 Å². The topological polar surface area (TPSA) is 81.8 Å². The summed E-state index contributed by atoms with van der Waals surface area (Å²) in [6.45, 7) is 8.60. The van der Waals surface area contributed by atoms with Crippen molar-refractivity contribution in [1.29, 1.82) is 0 Å². The quantitative estimate of drug-likeness (QED) is 0.496.